The van der Waals surface area contributed by atoms with Crippen LogP contribution in [-0.4, -0.2) is 12.6 Å². The normalized spacial score (nSPS) is 11.7. The molecule has 1 nitrogen and oxygen atoms in total. The van der Waals surface area contributed by atoms with Gasteiger partial charge in [0.2, 0.25) is 0 Å². The van der Waals surface area contributed by atoms with Gasteiger partial charge in [0, 0.05) is 16.5 Å². The summed E-state index contributed by atoms with van der Waals surface area (Å²) in [6.07, 6.45) is 0. The number of nitrogens with zero attached hydrogens (tertiary/aromatic N) is 1. The van der Waals surface area contributed by atoms with Crippen LogP contribution >= 0.6 is 0 Å². The van der Waals surface area contributed by atoms with Gasteiger partial charge < -0.3 is 4.57 Å². The van der Waals surface area contributed by atoms with Crippen LogP contribution < -0.4 is 20.7 Å². The quantitative estimate of drug-likeness (QED) is 0.197. The molecule has 0 saturated carbocycles. The van der Waals surface area contributed by atoms with Crippen molar-refractivity contribution in [3.05, 3.63) is 164 Å². The molecule has 0 bridgehead atoms. The number of benzene rings is 6. The summed E-state index contributed by atoms with van der Waals surface area (Å²) >= 11 is 0. The lowest BCUT2D eigenvalue weighted by Crippen LogP contribution is -2.74. The third kappa shape index (κ3) is 3.46. The molecule has 6 aromatic carbocycles. The zero-order valence-corrected chi connectivity index (χ0v) is 22.0. The molecule has 0 fully saturated rings. The first-order valence-corrected chi connectivity index (χ1v) is 15.1. The second-order valence-corrected chi connectivity index (χ2v) is 13.6. The summed E-state index contributed by atoms with van der Waals surface area (Å²) in [4.78, 5) is 0. The molecule has 1 heterocycles. The third-order valence-corrected chi connectivity index (χ3v) is 12.5. The Morgan fingerprint density at radius 1 is 0.342 bits per heavy atom. The van der Waals surface area contributed by atoms with Crippen LogP contribution in [0.15, 0.2) is 164 Å². The monoisotopic (exact) mass is 501 g/mol. The van der Waals surface area contributed by atoms with E-state index in [-0.39, 0.29) is 0 Å². The van der Waals surface area contributed by atoms with Crippen molar-refractivity contribution in [3.63, 3.8) is 0 Å². The topological polar surface area (TPSA) is 4.93 Å². The molecule has 0 spiro atoms. The van der Waals surface area contributed by atoms with Gasteiger partial charge in [-0.3, -0.25) is 0 Å². The number of fused-ring (bicyclic) bond motifs is 3. The van der Waals surface area contributed by atoms with Gasteiger partial charge in [0.05, 0.1) is 11.0 Å². The van der Waals surface area contributed by atoms with Crippen LogP contribution in [0.4, 0.5) is 0 Å². The zero-order valence-electron chi connectivity index (χ0n) is 21.0. The molecule has 0 unspecified atom stereocenters. The molecule has 0 aliphatic heterocycles. The minimum absolute atomic E-state index is 1.18. The predicted molar refractivity (Wildman–Crippen MR) is 164 cm³/mol. The van der Waals surface area contributed by atoms with Crippen LogP contribution in [0.25, 0.3) is 27.5 Å². The Bertz CT molecular complexity index is 1740. The summed E-state index contributed by atoms with van der Waals surface area (Å²) in [7, 11) is -2.58. The van der Waals surface area contributed by atoms with E-state index in [9.17, 15) is 0 Å². The van der Waals surface area contributed by atoms with E-state index < -0.39 is 8.07 Å². The molecule has 0 saturated heterocycles. The number of rotatable bonds is 5. The van der Waals surface area contributed by atoms with Crippen molar-refractivity contribution in [2.75, 3.05) is 0 Å². The maximum atomic E-state index is 2.48. The fraction of sp³-hybridized carbons (Fsp3) is 0. The molecule has 38 heavy (non-hydrogen) atoms. The van der Waals surface area contributed by atoms with Gasteiger partial charge in [0.25, 0.3) is 0 Å². The van der Waals surface area contributed by atoms with Gasteiger partial charge in [-0.25, -0.2) is 0 Å². The molecule has 0 atom stereocenters. The number of para-hydroxylation sites is 2. The highest BCUT2D eigenvalue weighted by Gasteiger charge is 2.41. The molecule has 7 aromatic rings. The van der Waals surface area contributed by atoms with Crippen molar-refractivity contribution < 1.29 is 0 Å². The second-order valence-electron chi connectivity index (χ2n) is 9.77. The average Bonchev–Trinajstić information content (AvgIpc) is 3.34. The van der Waals surface area contributed by atoms with Crippen LogP contribution in [-0.2, 0) is 0 Å². The van der Waals surface area contributed by atoms with Crippen molar-refractivity contribution in [2.24, 2.45) is 0 Å². The summed E-state index contributed by atoms with van der Waals surface area (Å²) < 4.78 is 2.39. The lowest BCUT2D eigenvalue weighted by molar-refractivity contribution is 1.18. The Kier molecular flexibility index (Phi) is 5.53. The van der Waals surface area contributed by atoms with Crippen LogP contribution in [0, 0.1) is 0 Å². The minimum atomic E-state index is -2.58. The van der Waals surface area contributed by atoms with Gasteiger partial charge in [-0.1, -0.05) is 140 Å². The van der Waals surface area contributed by atoms with Crippen LogP contribution in [0.2, 0.25) is 0 Å². The van der Waals surface area contributed by atoms with Crippen molar-refractivity contribution in [1.29, 1.82) is 0 Å². The highest BCUT2D eigenvalue weighted by molar-refractivity contribution is 7.20. The molecule has 180 valence electrons. The molecule has 7 rings (SSSR count). The predicted octanol–water partition coefficient (Wildman–Crippen LogP) is 6.16. The summed E-state index contributed by atoms with van der Waals surface area (Å²) in [5.41, 5.74) is 3.65. The van der Waals surface area contributed by atoms with Crippen molar-refractivity contribution in [3.8, 4) is 5.69 Å². The first-order chi connectivity index (χ1) is 18.9. The van der Waals surface area contributed by atoms with Crippen molar-refractivity contribution in [2.45, 2.75) is 0 Å². The van der Waals surface area contributed by atoms with E-state index in [1.165, 1.54) is 48.2 Å². The number of hydrogen-bond acceptors (Lipinski definition) is 0. The summed E-state index contributed by atoms with van der Waals surface area (Å²) in [6, 6.07) is 60.1. The SMILES string of the molecule is c1ccc(-n2c3ccccc3c3cc([Si](c4ccccc4)(c4ccccc4)c4ccccc4)ccc32)cc1. The second kappa shape index (κ2) is 9.33. The van der Waals surface area contributed by atoms with Gasteiger partial charge in [-0.15, -0.1) is 0 Å². The Hall–Kier alpha value is -4.66. The molecule has 0 amide bonds. The number of hydrogen-bond donors (Lipinski definition) is 0. The van der Waals surface area contributed by atoms with E-state index in [0.717, 1.165) is 0 Å². The fourth-order valence-corrected chi connectivity index (χ4v) is 10.9. The van der Waals surface area contributed by atoms with E-state index in [2.05, 4.69) is 168 Å². The lowest BCUT2D eigenvalue weighted by atomic mass is 10.1. The molecule has 0 radical (unpaired) electrons. The van der Waals surface area contributed by atoms with E-state index in [1.54, 1.807) is 0 Å². The van der Waals surface area contributed by atoms with Gasteiger partial charge in [-0.2, -0.15) is 0 Å². The third-order valence-electron chi connectivity index (χ3n) is 7.74. The van der Waals surface area contributed by atoms with Gasteiger partial charge in [0.15, 0.2) is 8.07 Å². The van der Waals surface area contributed by atoms with Crippen molar-refractivity contribution in [1.82, 2.24) is 4.57 Å². The molecule has 2 heteroatoms. The maximum Gasteiger partial charge on any atom is 0.179 e. The largest absolute Gasteiger partial charge is 0.309 e. The number of aromatic nitrogens is 1. The Balaban J connectivity index is 1.61. The maximum absolute atomic E-state index is 2.58. The van der Waals surface area contributed by atoms with Crippen molar-refractivity contribution >= 4 is 50.6 Å². The molecular formula is C36H27NSi. The smallest absolute Gasteiger partial charge is 0.179 e. The van der Waals surface area contributed by atoms with Crippen LogP contribution in [0.5, 0.6) is 0 Å². The van der Waals surface area contributed by atoms with E-state index >= 15 is 0 Å². The Morgan fingerprint density at radius 3 is 1.34 bits per heavy atom. The highest BCUT2D eigenvalue weighted by atomic mass is 28.3. The van der Waals surface area contributed by atoms with Gasteiger partial charge >= 0.3 is 0 Å². The zero-order chi connectivity index (χ0) is 25.4. The highest BCUT2D eigenvalue weighted by Crippen LogP contribution is 2.31. The average molecular weight is 502 g/mol. The molecule has 1 aromatic heterocycles. The molecule has 0 N–H and O–H groups in total. The Labute approximate surface area is 224 Å². The van der Waals surface area contributed by atoms with Crippen LogP contribution in [0.1, 0.15) is 0 Å². The first-order valence-electron chi connectivity index (χ1n) is 13.1. The first kappa shape index (κ1) is 22.5. The fourth-order valence-electron chi connectivity index (χ4n) is 6.13. The summed E-state index contributed by atoms with van der Waals surface area (Å²) in [6.45, 7) is 0. The van der Waals surface area contributed by atoms with Gasteiger partial charge in [-0.05, 0) is 45.0 Å². The standard InChI is InChI=1S/C36H27NSi/c1-5-15-28(16-6-1)37-35-24-14-13-23-33(35)34-27-32(25-26-36(34)37)38(29-17-7-2-8-18-29,30-19-9-3-10-20-30)31-21-11-4-12-22-31/h1-27H. The molecule has 0 aliphatic rings. The van der Waals surface area contributed by atoms with E-state index in [4.69, 9.17) is 0 Å². The van der Waals surface area contributed by atoms with Gasteiger partial charge in [0.1, 0.15) is 0 Å². The Morgan fingerprint density at radius 2 is 0.789 bits per heavy atom. The van der Waals surface area contributed by atoms with Crippen LogP contribution in [0.3, 0.4) is 0 Å². The summed E-state index contributed by atoms with van der Waals surface area (Å²) in [5.74, 6) is 0. The minimum Gasteiger partial charge on any atom is -0.309 e. The molecule has 0 aliphatic carbocycles. The lowest BCUT2D eigenvalue weighted by Gasteiger charge is -2.34. The summed E-state index contributed by atoms with van der Waals surface area (Å²) in [5, 5.41) is 8.15. The van der Waals surface area contributed by atoms with E-state index in [0.29, 0.717) is 0 Å². The van der Waals surface area contributed by atoms with E-state index in [1.807, 2.05) is 0 Å². The molecular weight excluding hydrogens is 474 g/mol.